The summed E-state index contributed by atoms with van der Waals surface area (Å²) in [5.74, 6) is -0.213. The predicted octanol–water partition coefficient (Wildman–Crippen LogP) is 1.87. The number of aryl methyl sites for hydroxylation is 2. The molecule has 0 spiro atoms. The van der Waals surface area contributed by atoms with E-state index in [2.05, 4.69) is 10.3 Å². The lowest BCUT2D eigenvalue weighted by Crippen LogP contribution is -2.36. The zero-order valence-corrected chi connectivity index (χ0v) is 17.2. The van der Waals surface area contributed by atoms with Gasteiger partial charge in [-0.3, -0.25) is 9.59 Å². The maximum Gasteiger partial charge on any atom is 0.228 e. The smallest absolute Gasteiger partial charge is 0.228 e. The number of hydrogen-bond donors (Lipinski definition) is 0. The van der Waals surface area contributed by atoms with Crippen LogP contribution in [-0.2, 0) is 20.9 Å². The lowest BCUT2D eigenvalue weighted by Gasteiger charge is -2.21. The van der Waals surface area contributed by atoms with Gasteiger partial charge < -0.3 is 14.5 Å². The number of amides is 2. The number of carbonyl (C=O) groups is 2. The second-order valence-electron chi connectivity index (χ2n) is 8.02. The molecule has 2 aliphatic heterocycles. The van der Waals surface area contributed by atoms with Gasteiger partial charge in [0.1, 0.15) is 5.69 Å². The Morgan fingerprint density at radius 3 is 2.83 bits per heavy atom. The van der Waals surface area contributed by atoms with Crippen molar-refractivity contribution < 1.29 is 14.3 Å². The summed E-state index contributed by atoms with van der Waals surface area (Å²) in [6.07, 6.45) is 2.99. The van der Waals surface area contributed by atoms with E-state index in [1.807, 2.05) is 47.8 Å². The van der Waals surface area contributed by atoms with E-state index in [1.54, 1.807) is 12.0 Å². The number of nitrogens with zero attached hydrogens (tertiary/aromatic N) is 5. The first kappa shape index (κ1) is 19.6. The number of carbonyl (C=O) groups excluding carboxylic acids is 2. The number of anilines is 1. The van der Waals surface area contributed by atoms with E-state index in [0.717, 1.165) is 23.4 Å². The van der Waals surface area contributed by atoms with Gasteiger partial charge in [0.25, 0.3) is 0 Å². The Bertz CT molecular complexity index is 925. The van der Waals surface area contributed by atoms with Gasteiger partial charge in [-0.05, 0) is 43.5 Å². The van der Waals surface area contributed by atoms with Gasteiger partial charge in [-0.1, -0.05) is 11.3 Å². The van der Waals surface area contributed by atoms with Crippen molar-refractivity contribution in [2.75, 3.05) is 31.6 Å². The van der Waals surface area contributed by atoms with E-state index in [0.29, 0.717) is 26.2 Å². The minimum Gasteiger partial charge on any atom is -0.378 e. The third-order valence-electron chi connectivity index (χ3n) is 5.98. The molecule has 2 aliphatic rings. The third-order valence-corrected chi connectivity index (χ3v) is 5.98. The summed E-state index contributed by atoms with van der Waals surface area (Å²) in [6, 6.07) is 6.12. The summed E-state index contributed by atoms with van der Waals surface area (Å²) in [5, 5.41) is 8.27. The van der Waals surface area contributed by atoms with E-state index in [1.165, 1.54) is 5.56 Å². The van der Waals surface area contributed by atoms with Crippen LogP contribution in [0.5, 0.6) is 0 Å². The third kappa shape index (κ3) is 3.89. The standard InChI is InChI=1S/C21H27N5O3/c1-14-4-5-18(8-15(14)2)25-10-16(9-20(25)27)21(28)24-7-6-19(12-24)26-11-17(13-29-3)22-23-26/h4-5,8,11,16,19H,6-7,9-10,12-13H2,1-3H3/t16-,19-/m1/s1. The molecule has 4 rings (SSSR count). The summed E-state index contributed by atoms with van der Waals surface area (Å²) in [4.78, 5) is 29.2. The summed E-state index contributed by atoms with van der Waals surface area (Å²) >= 11 is 0. The van der Waals surface area contributed by atoms with Gasteiger partial charge in [0.05, 0.1) is 24.8 Å². The van der Waals surface area contributed by atoms with E-state index < -0.39 is 0 Å². The summed E-state index contributed by atoms with van der Waals surface area (Å²) < 4.78 is 6.91. The molecule has 2 fully saturated rings. The Morgan fingerprint density at radius 2 is 2.07 bits per heavy atom. The molecule has 2 atom stereocenters. The molecule has 29 heavy (non-hydrogen) atoms. The van der Waals surface area contributed by atoms with Crippen LogP contribution in [0.1, 0.15) is 35.7 Å². The Morgan fingerprint density at radius 1 is 1.24 bits per heavy atom. The van der Waals surface area contributed by atoms with Crippen molar-refractivity contribution >= 4 is 17.5 Å². The number of aromatic nitrogens is 3. The summed E-state index contributed by atoms with van der Waals surface area (Å²) in [6.45, 7) is 6.24. The molecule has 3 heterocycles. The first-order valence-corrected chi connectivity index (χ1v) is 10.0. The number of rotatable bonds is 5. The lowest BCUT2D eigenvalue weighted by atomic mass is 10.1. The highest BCUT2D eigenvalue weighted by atomic mass is 16.5. The van der Waals surface area contributed by atoms with Gasteiger partial charge in [-0.2, -0.15) is 0 Å². The molecule has 1 aromatic carbocycles. The Kier molecular flexibility index (Phi) is 5.36. The molecule has 2 saturated heterocycles. The highest BCUT2D eigenvalue weighted by Crippen LogP contribution is 2.30. The molecule has 0 unspecified atom stereocenters. The molecule has 0 radical (unpaired) electrons. The largest absolute Gasteiger partial charge is 0.378 e. The zero-order valence-electron chi connectivity index (χ0n) is 17.2. The molecule has 8 heteroatoms. The van der Waals surface area contributed by atoms with E-state index >= 15 is 0 Å². The van der Waals surface area contributed by atoms with Crippen LogP contribution in [-0.4, -0.2) is 58.5 Å². The van der Waals surface area contributed by atoms with Crippen LogP contribution >= 0.6 is 0 Å². The number of ether oxygens (including phenoxy) is 1. The second-order valence-corrected chi connectivity index (χ2v) is 8.02. The number of methoxy groups -OCH3 is 1. The molecule has 8 nitrogen and oxygen atoms in total. The van der Waals surface area contributed by atoms with Crippen LogP contribution in [0.15, 0.2) is 24.4 Å². The van der Waals surface area contributed by atoms with Crippen molar-refractivity contribution in [1.29, 1.82) is 0 Å². The normalized spacial score (nSPS) is 22.0. The number of hydrogen-bond acceptors (Lipinski definition) is 5. The zero-order chi connectivity index (χ0) is 20.5. The fourth-order valence-corrected chi connectivity index (χ4v) is 4.14. The van der Waals surface area contributed by atoms with Gasteiger partial charge >= 0.3 is 0 Å². The fraction of sp³-hybridized carbons (Fsp3) is 0.524. The van der Waals surface area contributed by atoms with Crippen molar-refractivity contribution in [1.82, 2.24) is 19.9 Å². The lowest BCUT2D eigenvalue weighted by molar-refractivity contribution is -0.134. The molecule has 154 valence electrons. The summed E-state index contributed by atoms with van der Waals surface area (Å²) in [5.41, 5.74) is 4.00. The van der Waals surface area contributed by atoms with Gasteiger partial charge in [0, 0.05) is 38.9 Å². The Balaban J connectivity index is 1.39. The minimum absolute atomic E-state index is 0.0165. The second kappa shape index (κ2) is 7.94. The molecular formula is C21H27N5O3. The van der Waals surface area contributed by atoms with Gasteiger partial charge in [-0.15, -0.1) is 5.10 Å². The average Bonchev–Trinajstić information content (AvgIpc) is 3.43. The monoisotopic (exact) mass is 397 g/mol. The first-order valence-electron chi connectivity index (χ1n) is 10.0. The van der Waals surface area contributed by atoms with Crippen LogP contribution in [0.3, 0.4) is 0 Å². The maximum absolute atomic E-state index is 13.1. The SMILES string of the molecule is COCc1cn([C@@H]2CCN(C(=O)[C@@H]3CC(=O)N(c4ccc(C)c(C)c4)C3)C2)nn1. The van der Waals surface area contributed by atoms with Crippen LogP contribution in [0.25, 0.3) is 0 Å². The number of likely N-dealkylation sites (tertiary alicyclic amines) is 1. The topological polar surface area (TPSA) is 80.6 Å². The summed E-state index contributed by atoms with van der Waals surface area (Å²) in [7, 11) is 1.62. The van der Waals surface area contributed by atoms with Crippen molar-refractivity contribution in [3.63, 3.8) is 0 Å². The first-order chi connectivity index (χ1) is 14.0. The van der Waals surface area contributed by atoms with E-state index in [-0.39, 0.29) is 30.2 Å². The van der Waals surface area contributed by atoms with Crippen LogP contribution < -0.4 is 4.90 Å². The minimum atomic E-state index is -0.289. The van der Waals surface area contributed by atoms with Crippen molar-refractivity contribution in [2.45, 2.75) is 39.3 Å². The van der Waals surface area contributed by atoms with Crippen LogP contribution in [0.2, 0.25) is 0 Å². The quantitative estimate of drug-likeness (QED) is 0.769. The van der Waals surface area contributed by atoms with Gasteiger partial charge in [0.15, 0.2) is 0 Å². The molecule has 1 aromatic heterocycles. The molecule has 2 amide bonds. The highest BCUT2D eigenvalue weighted by molar-refractivity contribution is 6.00. The van der Waals surface area contributed by atoms with Crippen molar-refractivity contribution in [3.8, 4) is 0 Å². The van der Waals surface area contributed by atoms with Crippen molar-refractivity contribution in [2.24, 2.45) is 5.92 Å². The predicted molar refractivity (Wildman–Crippen MR) is 107 cm³/mol. The molecule has 2 aromatic rings. The van der Waals surface area contributed by atoms with Gasteiger partial charge in [0.2, 0.25) is 11.8 Å². The van der Waals surface area contributed by atoms with E-state index in [9.17, 15) is 9.59 Å². The molecule has 0 aliphatic carbocycles. The number of benzene rings is 1. The molecule has 0 bridgehead atoms. The maximum atomic E-state index is 13.1. The van der Waals surface area contributed by atoms with Crippen LogP contribution in [0.4, 0.5) is 5.69 Å². The van der Waals surface area contributed by atoms with Gasteiger partial charge in [-0.25, -0.2) is 4.68 Å². The van der Waals surface area contributed by atoms with Crippen LogP contribution in [0, 0.1) is 19.8 Å². The highest BCUT2D eigenvalue weighted by Gasteiger charge is 2.39. The van der Waals surface area contributed by atoms with Crippen molar-refractivity contribution in [3.05, 3.63) is 41.2 Å². The molecule has 0 saturated carbocycles. The Hall–Kier alpha value is -2.74. The molecular weight excluding hydrogens is 370 g/mol. The molecule has 0 N–H and O–H groups in total. The Labute approximate surface area is 170 Å². The van der Waals surface area contributed by atoms with E-state index in [4.69, 9.17) is 4.74 Å². The fourth-order valence-electron chi connectivity index (χ4n) is 4.14. The average molecular weight is 397 g/mol.